The van der Waals surface area contributed by atoms with Crippen molar-refractivity contribution in [2.45, 2.75) is 39.7 Å². The van der Waals surface area contributed by atoms with Gasteiger partial charge in [-0.3, -0.25) is 0 Å². The molecule has 0 fully saturated rings. The Morgan fingerprint density at radius 2 is 1.38 bits per heavy atom. The van der Waals surface area contributed by atoms with Crippen LogP contribution in [0.1, 0.15) is 31.9 Å². The second kappa shape index (κ2) is 5.85. The van der Waals surface area contributed by atoms with Crippen LogP contribution in [0.2, 0.25) is 5.04 Å². The number of aryl methyl sites for hydroxylation is 2. The Balaban J connectivity index is 2.19. The summed E-state index contributed by atoms with van der Waals surface area (Å²) in [7, 11) is -2.23. The normalized spacial score (nSPS) is 18.7. The smallest absolute Gasteiger partial charge is 0.158 e. The van der Waals surface area contributed by atoms with Gasteiger partial charge < -0.3 is 5.32 Å². The van der Waals surface area contributed by atoms with Crippen LogP contribution in [0.25, 0.3) is 0 Å². The van der Waals surface area contributed by atoms with Crippen molar-refractivity contribution in [3.8, 4) is 0 Å². The zero-order chi connectivity index (χ0) is 18.5. The first kappa shape index (κ1) is 17.1. The SMILES string of the molecule is Cc1cccc([Si@]2(C(C)(C)C)c3ccccc3Nc3ccc(C)cc32)c1. The molecule has 0 aliphatic carbocycles. The third kappa shape index (κ3) is 2.36. The number of nitrogens with one attached hydrogen (secondary N) is 1. The molecule has 3 aromatic rings. The van der Waals surface area contributed by atoms with Gasteiger partial charge in [0.15, 0.2) is 8.07 Å². The molecule has 0 saturated carbocycles. The first-order valence-electron chi connectivity index (χ1n) is 9.39. The minimum Gasteiger partial charge on any atom is -0.356 e. The van der Waals surface area contributed by atoms with E-state index in [1.807, 2.05) is 0 Å². The third-order valence-corrected chi connectivity index (χ3v) is 11.6. The molecule has 4 rings (SSSR count). The van der Waals surface area contributed by atoms with Gasteiger partial charge in [-0.05, 0) is 46.6 Å². The summed E-state index contributed by atoms with van der Waals surface area (Å²) in [5, 5.41) is 8.36. The fourth-order valence-electron chi connectivity index (χ4n) is 4.72. The van der Waals surface area contributed by atoms with E-state index in [1.165, 1.54) is 38.1 Å². The molecule has 0 bridgehead atoms. The molecule has 0 radical (unpaired) electrons. The maximum atomic E-state index is 3.71. The van der Waals surface area contributed by atoms with Crippen LogP contribution in [-0.2, 0) is 0 Å². The van der Waals surface area contributed by atoms with Crippen molar-refractivity contribution in [2.75, 3.05) is 5.32 Å². The van der Waals surface area contributed by atoms with E-state index in [9.17, 15) is 0 Å². The Morgan fingerprint density at radius 3 is 2.12 bits per heavy atom. The molecular formula is C24H27NSi. The first-order valence-corrected chi connectivity index (χ1v) is 11.4. The minimum atomic E-state index is -2.23. The van der Waals surface area contributed by atoms with Gasteiger partial charge >= 0.3 is 0 Å². The van der Waals surface area contributed by atoms with Crippen molar-refractivity contribution in [3.63, 3.8) is 0 Å². The Hall–Kier alpha value is -2.32. The molecule has 3 aromatic carbocycles. The van der Waals surface area contributed by atoms with Crippen molar-refractivity contribution in [1.29, 1.82) is 0 Å². The summed E-state index contributed by atoms with van der Waals surface area (Å²) in [5.74, 6) is 0. The summed E-state index contributed by atoms with van der Waals surface area (Å²) in [6, 6.07) is 25.1. The van der Waals surface area contributed by atoms with Crippen LogP contribution in [0.5, 0.6) is 0 Å². The van der Waals surface area contributed by atoms with Gasteiger partial charge in [0.25, 0.3) is 0 Å². The zero-order valence-corrected chi connectivity index (χ0v) is 17.4. The standard InChI is InChI=1S/C24H27NSi/c1-17-9-8-10-19(15-17)26(24(3,4)5)22-12-7-6-11-20(22)25-21-14-13-18(2)16-23(21)26/h6-16,25H,1-5H3/t26-/m0/s1. The average Bonchev–Trinajstić information content (AvgIpc) is 2.58. The number of anilines is 2. The molecule has 1 aliphatic rings. The van der Waals surface area contributed by atoms with Crippen molar-refractivity contribution < 1.29 is 0 Å². The van der Waals surface area contributed by atoms with E-state index in [-0.39, 0.29) is 5.04 Å². The second-order valence-electron chi connectivity index (χ2n) is 8.59. The Bertz CT molecular complexity index is 983. The quantitative estimate of drug-likeness (QED) is 0.626. The van der Waals surface area contributed by atoms with Gasteiger partial charge in [0.05, 0.1) is 0 Å². The van der Waals surface area contributed by atoms with Crippen molar-refractivity contribution in [3.05, 3.63) is 77.9 Å². The average molecular weight is 358 g/mol. The van der Waals surface area contributed by atoms with Gasteiger partial charge in [0, 0.05) is 11.4 Å². The van der Waals surface area contributed by atoms with Crippen LogP contribution in [0, 0.1) is 13.8 Å². The fourth-order valence-corrected chi connectivity index (χ4v) is 10.8. The third-order valence-electron chi connectivity index (χ3n) is 5.76. The van der Waals surface area contributed by atoms with Crippen LogP contribution in [0.3, 0.4) is 0 Å². The highest BCUT2D eigenvalue weighted by Gasteiger charge is 2.53. The molecule has 0 amide bonds. The highest BCUT2D eigenvalue weighted by molar-refractivity contribution is 7.15. The minimum absolute atomic E-state index is 0.140. The molecule has 2 heteroatoms. The maximum absolute atomic E-state index is 3.71. The molecule has 132 valence electrons. The van der Waals surface area contributed by atoms with Crippen LogP contribution in [-0.4, -0.2) is 8.07 Å². The summed E-state index contributed by atoms with van der Waals surface area (Å²) < 4.78 is 0. The van der Waals surface area contributed by atoms with E-state index in [1.54, 1.807) is 0 Å². The number of hydrogen-bond acceptors (Lipinski definition) is 1. The summed E-state index contributed by atoms with van der Waals surface area (Å²) in [4.78, 5) is 0. The Kier molecular flexibility index (Phi) is 3.85. The van der Waals surface area contributed by atoms with E-state index in [4.69, 9.17) is 0 Å². The molecule has 0 unspecified atom stereocenters. The van der Waals surface area contributed by atoms with E-state index in [2.05, 4.69) is 107 Å². The van der Waals surface area contributed by atoms with Gasteiger partial charge in [0.1, 0.15) is 0 Å². The molecule has 1 N–H and O–H groups in total. The van der Waals surface area contributed by atoms with Crippen molar-refractivity contribution in [2.24, 2.45) is 0 Å². The van der Waals surface area contributed by atoms with Gasteiger partial charge in [-0.2, -0.15) is 0 Å². The molecule has 0 aromatic heterocycles. The maximum Gasteiger partial charge on any atom is 0.158 e. The zero-order valence-electron chi connectivity index (χ0n) is 16.4. The summed E-state index contributed by atoms with van der Waals surface area (Å²) in [6.07, 6.45) is 0. The molecule has 0 saturated heterocycles. The lowest BCUT2D eigenvalue weighted by atomic mass is 10.2. The molecule has 1 aliphatic heterocycles. The lowest BCUT2D eigenvalue weighted by molar-refractivity contribution is 0.739. The van der Waals surface area contributed by atoms with Crippen LogP contribution in [0.15, 0.2) is 66.7 Å². The number of rotatable bonds is 1. The summed E-state index contributed by atoms with van der Waals surface area (Å²) >= 11 is 0. The monoisotopic (exact) mass is 357 g/mol. The molecule has 1 atom stereocenters. The second-order valence-corrected chi connectivity index (χ2v) is 13.2. The van der Waals surface area contributed by atoms with Crippen LogP contribution < -0.4 is 20.9 Å². The predicted molar refractivity (Wildman–Crippen MR) is 116 cm³/mol. The van der Waals surface area contributed by atoms with Gasteiger partial charge in [-0.15, -0.1) is 0 Å². The largest absolute Gasteiger partial charge is 0.356 e. The lowest BCUT2D eigenvalue weighted by Crippen LogP contribution is -2.74. The number of para-hydroxylation sites is 1. The number of fused-ring (bicyclic) bond motifs is 2. The highest BCUT2D eigenvalue weighted by atomic mass is 28.3. The number of hydrogen-bond donors (Lipinski definition) is 1. The fraction of sp³-hybridized carbons (Fsp3) is 0.250. The van der Waals surface area contributed by atoms with Crippen LogP contribution >= 0.6 is 0 Å². The predicted octanol–water partition coefficient (Wildman–Crippen LogP) is 4.63. The van der Waals surface area contributed by atoms with E-state index < -0.39 is 8.07 Å². The molecule has 1 heterocycles. The summed E-state index contributed by atoms with van der Waals surface area (Å²) in [6.45, 7) is 11.7. The van der Waals surface area contributed by atoms with E-state index >= 15 is 0 Å². The van der Waals surface area contributed by atoms with Gasteiger partial charge in [-0.25, -0.2) is 0 Å². The molecule has 26 heavy (non-hydrogen) atoms. The van der Waals surface area contributed by atoms with Crippen molar-refractivity contribution >= 4 is 35.0 Å². The summed E-state index contributed by atoms with van der Waals surface area (Å²) in [5.41, 5.74) is 5.21. The van der Waals surface area contributed by atoms with E-state index in [0.29, 0.717) is 0 Å². The highest BCUT2D eigenvalue weighted by Crippen LogP contribution is 2.41. The molecular weight excluding hydrogens is 330 g/mol. The Morgan fingerprint density at radius 1 is 0.692 bits per heavy atom. The van der Waals surface area contributed by atoms with Crippen molar-refractivity contribution in [1.82, 2.24) is 0 Å². The first-order chi connectivity index (χ1) is 12.3. The van der Waals surface area contributed by atoms with Gasteiger partial charge in [0.2, 0.25) is 0 Å². The van der Waals surface area contributed by atoms with Crippen LogP contribution in [0.4, 0.5) is 11.4 Å². The van der Waals surface area contributed by atoms with Gasteiger partial charge in [-0.1, -0.05) is 86.5 Å². The molecule has 1 nitrogen and oxygen atoms in total. The lowest BCUT2D eigenvalue weighted by Gasteiger charge is -2.48. The number of benzene rings is 3. The molecule has 0 spiro atoms. The Labute approximate surface area is 158 Å². The topological polar surface area (TPSA) is 12.0 Å². The van der Waals surface area contributed by atoms with E-state index in [0.717, 1.165) is 0 Å².